The highest BCUT2D eigenvalue weighted by Gasteiger charge is 2.32. The standard InChI is InChI=1S/C28H29FN2.C27H29N3.C2H6.2H2/c1-15(2)27-18(5)31-28-24(27)11-19(13-25(28)29)22-8-9-26-23(22)12-20(14-30-26)21-7-6-16(3)10-17(21)4;1-15(2)27-18(5)30-26-14-29-25(12-23(26)27)21-8-9-24-22(21)11-19(13-28-24)20-7-6-16(3)10-17(20)4;1-2;;/h7-8,10-16,27H,6,9H2,1-5H3;7-8,10-16,27H,6,9H2,1-5H3;1-2H3;2*1H. The minimum absolute atomic E-state index is 0. The molecule has 4 unspecified atom stereocenters. The fraction of sp³-hybridized carbons (Fsp3) is 0.386. The zero-order valence-electron chi connectivity index (χ0n) is 39.5. The summed E-state index contributed by atoms with van der Waals surface area (Å²) in [5, 5.41) is 0. The molecule has 0 N–H and O–H groups in total. The Labute approximate surface area is 378 Å². The average Bonchev–Trinajstić information content (AvgIpc) is 4.03. The first-order chi connectivity index (χ1) is 30.2. The zero-order valence-corrected chi connectivity index (χ0v) is 39.5. The number of hydrogen-bond acceptors (Lipinski definition) is 5. The third-order valence-electron chi connectivity index (χ3n) is 13.5. The summed E-state index contributed by atoms with van der Waals surface area (Å²) in [4.78, 5) is 23.7. The number of aromatic nitrogens is 3. The molecule has 4 atom stereocenters. The molecule has 0 saturated heterocycles. The number of allylic oxidation sites excluding steroid dienone is 10. The van der Waals surface area contributed by atoms with Crippen molar-refractivity contribution >= 4 is 45.1 Å². The molecular formula is C57H68FN5. The van der Waals surface area contributed by atoms with Crippen molar-refractivity contribution in [2.45, 2.75) is 121 Å². The molecular weight excluding hydrogens is 774 g/mol. The van der Waals surface area contributed by atoms with Gasteiger partial charge in [0, 0.05) is 79.2 Å². The molecule has 63 heavy (non-hydrogen) atoms. The Balaban J connectivity index is 0.000000202. The van der Waals surface area contributed by atoms with Gasteiger partial charge >= 0.3 is 0 Å². The Morgan fingerprint density at radius 3 is 1.65 bits per heavy atom. The van der Waals surface area contributed by atoms with Crippen LogP contribution in [0.3, 0.4) is 0 Å². The number of aliphatic imine (C=N–C) groups is 2. The van der Waals surface area contributed by atoms with Gasteiger partial charge in [-0.1, -0.05) is 91.8 Å². The van der Waals surface area contributed by atoms with Crippen molar-refractivity contribution in [3.63, 3.8) is 0 Å². The molecule has 0 bridgehead atoms. The van der Waals surface area contributed by atoms with Crippen molar-refractivity contribution in [2.75, 3.05) is 0 Å². The smallest absolute Gasteiger partial charge is 0.149 e. The molecule has 5 heterocycles. The Morgan fingerprint density at radius 2 is 1.10 bits per heavy atom. The third kappa shape index (κ3) is 8.34. The SMILES string of the molecule is CC.CC1=CC(C)CC=C1c1cnc2c(c1)C(c1cc(F)c3c(c1)C(C(C)C)C(C)=N3)=CC2.CC1=CC(C)CC=C1c1cnc2c(c1)C(c1cc3c(cn1)N=C(C)C3C(C)C)=CC2.[HH].[HH]. The highest BCUT2D eigenvalue weighted by Crippen LogP contribution is 2.46. The first-order valence-electron chi connectivity index (χ1n) is 23.4. The second-order valence-corrected chi connectivity index (χ2v) is 18.9. The van der Waals surface area contributed by atoms with E-state index in [1.54, 1.807) is 6.07 Å². The topological polar surface area (TPSA) is 63.4 Å². The summed E-state index contributed by atoms with van der Waals surface area (Å²) in [5.41, 5.74) is 22.5. The largest absolute Gasteiger partial charge is 0.260 e. The Hall–Kier alpha value is -5.62. The van der Waals surface area contributed by atoms with Crippen LogP contribution in [0.4, 0.5) is 15.8 Å². The van der Waals surface area contributed by atoms with Crippen molar-refractivity contribution < 1.29 is 7.24 Å². The van der Waals surface area contributed by atoms with Crippen molar-refractivity contribution in [1.82, 2.24) is 15.0 Å². The maximum Gasteiger partial charge on any atom is 0.149 e. The number of benzene rings is 1. The van der Waals surface area contributed by atoms with Crippen molar-refractivity contribution in [3.8, 4) is 0 Å². The molecule has 0 radical (unpaired) electrons. The highest BCUT2D eigenvalue weighted by molar-refractivity contribution is 5.99. The lowest BCUT2D eigenvalue weighted by molar-refractivity contribution is 0.601. The number of halogens is 1. The van der Waals surface area contributed by atoms with Gasteiger partial charge in [0.05, 0.1) is 29.0 Å². The summed E-state index contributed by atoms with van der Waals surface area (Å²) in [6.45, 7) is 26.0. The van der Waals surface area contributed by atoms with Gasteiger partial charge in [-0.2, -0.15) is 0 Å². The second-order valence-electron chi connectivity index (χ2n) is 18.9. The fourth-order valence-corrected chi connectivity index (χ4v) is 10.7. The van der Waals surface area contributed by atoms with Gasteiger partial charge in [0.15, 0.2) is 0 Å². The molecule has 2 aliphatic heterocycles. The van der Waals surface area contributed by atoms with E-state index in [1.165, 1.54) is 50.3 Å². The normalized spacial score (nSPS) is 21.6. The van der Waals surface area contributed by atoms with Gasteiger partial charge in [-0.15, -0.1) is 0 Å². The van der Waals surface area contributed by atoms with Crippen LogP contribution in [-0.4, -0.2) is 26.4 Å². The van der Waals surface area contributed by atoms with E-state index >= 15 is 4.39 Å². The number of hydrogen-bond donors (Lipinski definition) is 0. The molecule has 4 aliphatic carbocycles. The predicted octanol–water partition coefficient (Wildman–Crippen LogP) is 15.6. The molecule has 0 amide bonds. The average molecular weight is 842 g/mol. The van der Waals surface area contributed by atoms with E-state index in [-0.39, 0.29) is 14.6 Å². The summed E-state index contributed by atoms with van der Waals surface area (Å²) in [5.74, 6) is 2.44. The van der Waals surface area contributed by atoms with E-state index < -0.39 is 0 Å². The summed E-state index contributed by atoms with van der Waals surface area (Å²) < 4.78 is 15.1. The van der Waals surface area contributed by atoms with Gasteiger partial charge in [-0.05, 0) is 139 Å². The molecule has 3 aromatic heterocycles. The van der Waals surface area contributed by atoms with Gasteiger partial charge in [0.1, 0.15) is 11.5 Å². The van der Waals surface area contributed by atoms with Crippen molar-refractivity contribution in [1.29, 1.82) is 0 Å². The number of pyridine rings is 3. The third-order valence-corrected chi connectivity index (χ3v) is 13.5. The maximum atomic E-state index is 15.1. The highest BCUT2D eigenvalue weighted by atomic mass is 19.1. The molecule has 328 valence electrons. The van der Waals surface area contributed by atoms with Crippen LogP contribution >= 0.6 is 0 Å². The first-order valence-corrected chi connectivity index (χ1v) is 23.4. The van der Waals surface area contributed by atoms with E-state index in [4.69, 9.17) is 19.9 Å². The maximum absolute atomic E-state index is 15.1. The van der Waals surface area contributed by atoms with Gasteiger partial charge in [0.25, 0.3) is 0 Å². The van der Waals surface area contributed by atoms with Crippen LogP contribution in [0.2, 0.25) is 0 Å². The van der Waals surface area contributed by atoms with E-state index in [0.717, 1.165) is 82.0 Å². The zero-order chi connectivity index (χ0) is 44.9. The summed E-state index contributed by atoms with van der Waals surface area (Å²) >= 11 is 0. The number of fused-ring (bicyclic) bond motifs is 4. The Kier molecular flexibility index (Phi) is 12.5. The first kappa shape index (κ1) is 44.0. The van der Waals surface area contributed by atoms with Crippen LogP contribution in [0.15, 0.2) is 107 Å². The molecule has 0 fully saturated rings. The number of rotatable bonds is 6. The van der Waals surface area contributed by atoms with Crippen LogP contribution in [0.25, 0.3) is 22.3 Å². The van der Waals surface area contributed by atoms with Crippen LogP contribution in [0.1, 0.15) is 167 Å². The molecule has 0 spiro atoms. The van der Waals surface area contributed by atoms with E-state index in [0.29, 0.717) is 35.3 Å². The summed E-state index contributed by atoms with van der Waals surface area (Å²) in [6.07, 6.45) is 23.7. The lowest BCUT2D eigenvalue weighted by Crippen LogP contribution is -2.11. The quantitative estimate of drug-likeness (QED) is 0.194. The second kappa shape index (κ2) is 17.9. The van der Waals surface area contributed by atoms with Crippen LogP contribution < -0.4 is 0 Å². The van der Waals surface area contributed by atoms with Crippen LogP contribution in [0, 0.1) is 29.5 Å². The summed E-state index contributed by atoms with van der Waals surface area (Å²) in [6, 6.07) is 10.6. The minimum Gasteiger partial charge on any atom is -0.260 e. The molecule has 5 nitrogen and oxygen atoms in total. The molecule has 10 rings (SSSR count). The van der Waals surface area contributed by atoms with Crippen molar-refractivity contribution in [3.05, 3.63) is 158 Å². The van der Waals surface area contributed by atoms with Gasteiger partial charge in [0.2, 0.25) is 0 Å². The Bertz CT molecular complexity index is 2760. The van der Waals surface area contributed by atoms with Gasteiger partial charge < -0.3 is 0 Å². The molecule has 6 heteroatoms. The summed E-state index contributed by atoms with van der Waals surface area (Å²) in [7, 11) is 0. The molecule has 6 aliphatic rings. The monoisotopic (exact) mass is 842 g/mol. The predicted molar refractivity (Wildman–Crippen MR) is 268 cm³/mol. The minimum atomic E-state index is -0.226. The van der Waals surface area contributed by atoms with E-state index in [9.17, 15) is 0 Å². The van der Waals surface area contributed by atoms with Crippen LogP contribution in [-0.2, 0) is 12.8 Å². The molecule has 1 aromatic carbocycles. The van der Waals surface area contributed by atoms with Gasteiger partial charge in [-0.25, -0.2) is 4.39 Å². The van der Waals surface area contributed by atoms with E-state index in [1.807, 2.05) is 39.4 Å². The van der Waals surface area contributed by atoms with E-state index in [2.05, 4.69) is 128 Å². The van der Waals surface area contributed by atoms with Crippen LogP contribution in [0.5, 0.6) is 0 Å². The Morgan fingerprint density at radius 1 is 0.571 bits per heavy atom. The molecule has 0 saturated carbocycles. The molecule has 4 aromatic rings. The fourth-order valence-electron chi connectivity index (χ4n) is 10.7. The lowest BCUT2D eigenvalue weighted by atomic mass is 9.84. The van der Waals surface area contributed by atoms with Crippen molar-refractivity contribution in [2.24, 2.45) is 33.7 Å². The lowest BCUT2D eigenvalue weighted by Gasteiger charge is -2.19. The number of nitrogens with zero attached hydrogens (tertiary/aromatic N) is 5. The van der Waals surface area contributed by atoms with Gasteiger partial charge in [-0.3, -0.25) is 24.9 Å².